The Morgan fingerprint density at radius 1 is 0.571 bits per heavy atom. The Bertz CT molecular complexity index is 2600. The molecule has 0 spiro atoms. The molecule has 0 aromatic heterocycles. The number of hydrogen-bond donors (Lipinski definition) is 0. The average molecular weight is 730 g/mol. The fourth-order valence-corrected chi connectivity index (χ4v) is 11.0. The summed E-state index contributed by atoms with van der Waals surface area (Å²) >= 11 is 0. The first-order valence-corrected chi connectivity index (χ1v) is 21.4. The van der Waals surface area contributed by atoms with Crippen LogP contribution in [-0.2, 0) is 0 Å². The first-order valence-electron chi connectivity index (χ1n) is 21.4. The van der Waals surface area contributed by atoms with Crippen molar-refractivity contribution in [3.8, 4) is 5.75 Å². The molecule has 0 N–H and O–H groups in total. The molecule has 2 heteroatoms. The summed E-state index contributed by atoms with van der Waals surface area (Å²) in [4.78, 5) is 2.74. The topological polar surface area (TPSA) is 12.5 Å². The number of allylic oxidation sites excluding steroid dienone is 11. The SMILES string of the molecule is C1=CC2=c3ccccc3=C(N(C3=CCC(C4=CC5c6cccc(C7CC=CCC7)c6OC5C=C4)C=C3)C3C=CC(C4C=c5ccccc5=CC4)=CC3)CC2CC1. The van der Waals surface area contributed by atoms with Crippen LogP contribution in [-0.4, -0.2) is 17.0 Å². The minimum Gasteiger partial charge on any atom is -0.485 e. The van der Waals surface area contributed by atoms with E-state index >= 15 is 0 Å². The summed E-state index contributed by atoms with van der Waals surface area (Å²) in [5.74, 6) is 3.36. The maximum absolute atomic E-state index is 6.73. The van der Waals surface area contributed by atoms with Crippen molar-refractivity contribution < 1.29 is 4.74 Å². The summed E-state index contributed by atoms with van der Waals surface area (Å²) in [6, 6.07) is 25.2. The van der Waals surface area contributed by atoms with Crippen LogP contribution in [0.3, 0.4) is 0 Å². The Morgan fingerprint density at radius 2 is 1.39 bits per heavy atom. The molecule has 0 fully saturated rings. The zero-order chi connectivity index (χ0) is 37.0. The fraction of sp³-hybridized carbons (Fsp3) is 0.296. The lowest BCUT2D eigenvalue weighted by atomic mass is 9.79. The Kier molecular flexibility index (Phi) is 8.67. The lowest BCUT2D eigenvalue weighted by Crippen LogP contribution is -2.44. The van der Waals surface area contributed by atoms with Gasteiger partial charge >= 0.3 is 0 Å². The van der Waals surface area contributed by atoms with E-state index in [9.17, 15) is 0 Å². The molecule has 278 valence electrons. The largest absolute Gasteiger partial charge is 0.485 e. The summed E-state index contributed by atoms with van der Waals surface area (Å²) in [6.07, 6.45) is 46.7. The molecule has 7 unspecified atom stereocenters. The van der Waals surface area contributed by atoms with Gasteiger partial charge in [-0.2, -0.15) is 0 Å². The van der Waals surface area contributed by atoms with Gasteiger partial charge in [-0.1, -0.05) is 146 Å². The number of para-hydroxylation sites is 1. The third-order valence-corrected chi connectivity index (χ3v) is 13.9. The van der Waals surface area contributed by atoms with Gasteiger partial charge in [0.15, 0.2) is 0 Å². The van der Waals surface area contributed by atoms with Gasteiger partial charge < -0.3 is 9.64 Å². The molecule has 0 saturated heterocycles. The van der Waals surface area contributed by atoms with Crippen LogP contribution < -0.4 is 25.6 Å². The van der Waals surface area contributed by atoms with Crippen molar-refractivity contribution in [2.24, 2.45) is 17.8 Å². The van der Waals surface area contributed by atoms with Crippen LogP contribution in [0.5, 0.6) is 5.75 Å². The summed E-state index contributed by atoms with van der Waals surface area (Å²) in [5, 5.41) is 5.56. The third kappa shape index (κ3) is 6.01. The van der Waals surface area contributed by atoms with Gasteiger partial charge in [-0.15, -0.1) is 0 Å². The van der Waals surface area contributed by atoms with Crippen LogP contribution in [0.1, 0.15) is 80.8 Å². The van der Waals surface area contributed by atoms with E-state index in [0.717, 1.165) is 44.3 Å². The van der Waals surface area contributed by atoms with Crippen molar-refractivity contribution in [3.63, 3.8) is 0 Å². The highest BCUT2D eigenvalue weighted by molar-refractivity contribution is 5.68. The first kappa shape index (κ1) is 34.0. The van der Waals surface area contributed by atoms with E-state index in [0.29, 0.717) is 23.7 Å². The minimum absolute atomic E-state index is 0.0946. The molecule has 0 radical (unpaired) electrons. The summed E-state index contributed by atoms with van der Waals surface area (Å²) in [7, 11) is 0. The van der Waals surface area contributed by atoms with Gasteiger partial charge in [-0.05, 0) is 120 Å². The Balaban J connectivity index is 0.907. The molecule has 0 amide bonds. The summed E-state index contributed by atoms with van der Waals surface area (Å²) < 4.78 is 6.73. The third-order valence-electron chi connectivity index (χ3n) is 13.9. The van der Waals surface area contributed by atoms with E-state index < -0.39 is 0 Å². The fourth-order valence-electron chi connectivity index (χ4n) is 11.0. The van der Waals surface area contributed by atoms with Crippen LogP contribution in [0.15, 0.2) is 163 Å². The highest BCUT2D eigenvalue weighted by Gasteiger charge is 2.37. The number of nitrogens with zero attached hydrogens (tertiary/aromatic N) is 1. The van der Waals surface area contributed by atoms with Gasteiger partial charge in [0.05, 0.1) is 6.04 Å². The second kappa shape index (κ2) is 14.3. The van der Waals surface area contributed by atoms with Crippen LogP contribution in [0.2, 0.25) is 0 Å². The zero-order valence-electron chi connectivity index (χ0n) is 32.3. The molecule has 8 aliphatic rings. The molecule has 3 aromatic rings. The molecular weight excluding hydrogens is 679 g/mol. The quantitative estimate of drug-likeness (QED) is 0.235. The summed E-state index contributed by atoms with van der Waals surface area (Å²) in [6.45, 7) is 0. The van der Waals surface area contributed by atoms with E-state index in [4.69, 9.17) is 4.74 Å². The molecule has 0 bridgehead atoms. The van der Waals surface area contributed by atoms with Crippen LogP contribution in [0.25, 0.3) is 23.4 Å². The molecule has 3 aromatic carbocycles. The van der Waals surface area contributed by atoms with Crippen molar-refractivity contribution in [1.82, 2.24) is 4.90 Å². The molecule has 1 heterocycles. The highest BCUT2D eigenvalue weighted by Crippen LogP contribution is 2.49. The molecule has 7 aliphatic carbocycles. The molecule has 1 aliphatic heterocycles. The first-order chi connectivity index (χ1) is 27.7. The van der Waals surface area contributed by atoms with E-state index in [-0.39, 0.29) is 18.1 Å². The van der Waals surface area contributed by atoms with Gasteiger partial charge in [0.25, 0.3) is 0 Å². The lowest BCUT2D eigenvalue weighted by molar-refractivity contribution is 0.264. The number of rotatable bonds is 6. The van der Waals surface area contributed by atoms with Crippen LogP contribution in [0, 0.1) is 17.8 Å². The van der Waals surface area contributed by atoms with E-state index in [1.807, 2.05) is 0 Å². The van der Waals surface area contributed by atoms with Crippen molar-refractivity contribution in [3.05, 3.63) is 195 Å². The number of ether oxygens (including phenoxy) is 1. The van der Waals surface area contributed by atoms with Crippen molar-refractivity contribution in [2.75, 3.05) is 0 Å². The minimum atomic E-state index is 0.0946. The Labute approximate surface area is 331 Å². The van der Waals surface area contributed by atoms with Gasteiger partial charge in [-0.25, -0.2) is 0 Å². The monoisotopic (exact) mass is 729 g/mol. The van der Waals surface area contributed by atoms with Gasteiger partial charge in [0.2, 0.25) is 0 Å². The van der Waals surface area contributed by atoms with Crippen molar-refractivity contribution in [2.45, 2.75) is 81.8 Å². The zero-order valence-corrected chi connectivity index (χ0v) is 32.3. The predicted octanol–water partition coefficient (Wildman–Crippen LogP) is 9.48. The molecule has 0 saturated carbocycles. The average Bonchev–Trinajstić information content (AvgIpc) is 3.65. The number of hydrogen-bond acceptors (Lipinski definition) is 2. The second-order valence-corrected chi connectivity index (χ2v) is 17.1. The second-order valence-electron chi connectivity index (χ2n) is 17.1. The van der Waals surface area contributed by atoms with E-state index in [1.165, 1.54) is 79.4 Å². The Hall–Kier alpha value is -5.34. The Morgan fingerprint density at radius 3 is 2.25 bits per heavy atom. The molecule has 56 heavy (non-hydrogen) atoms. The normalized spacial score (nSPS) is 29.3. The molecule has 7 atom stereocenters. The van der Waals surface area contributed by atoms with Crippen molar-refractivity contribution in [1.29, 1.82) is 0 Å². The molecular formula is C54H51NO. The van der Waals surface area contributed by atoms with Gasteiger partial charge in [-0.3, -0.25) is 0 Å². The van der Waals surface area contributed by atoms with Gasteiger partial charge in [0.1, 0.15) is 11.9 Å². The molecule has 2 nitrogen and oxygen atoms in total. The highest BCUT2D eigenvalue weighted by atomic mass is 16.5. The van der Waals surface area contributed by atoms with E-state index in [2.05, 4.69) is 163 Å². The maximum atomic E-state index is 6.73. The van der Waals surface area contributed by atoms with Gasteiger partial charge in [0, 0.05) is 39.9 Å². The predicted molar refractivity (Wildman–Crippen MR) is 231 cm³/mol. The summed E-state index contributed by atoms with van der Waals surface area (Å²) in [5.41, 5.74) is 10.0. The smallest absolute Gasteiger partial charge is 0.128 e. The maximum Gasteiger partial charge on any atom is 0.128 e. The number of benzene rings is 3. The molecule has 11 rings (SSSR count). The van der Waals surface area contributed by atoms with Crippen molar-refractivity contribution >= 4 is 23.4 Å². The van der Waals surface area contributed by atoms with Crippen LogP contribution in [0.4, 0.5) is 0 Å². The lowest BCUT2D eigenvalue weighted by Gasteiger charge is -2.40. The van der Waals surface area contributed by atoms with E-state index in [1.54, 1.807) is 0 Å². The van der Waals surface area contributed by atoms with Crippen LogP contribution >= 0.6 is 0 Å². The standard InChI is InChI=1S/C54H51NO/c1-2-12-39(13-3-1)47-19-10-20-50-51-34-42(27-32-53(51)56-54(47)50)38-25-30-45(31-26-38)55(52-35-43-15-6-7-16-46(43)48-17-8-9-18-49(48)52)44-28-23-37(24-29-44)41-22-21-36-11-4-5-14-40(36)33-41/h1-2,4-5,7-11,14,16-21,23-25,27-28,30-34,38-39,41,43-44,51,53H,3,6,12-13,15,22,26,29,35H2. The number of fused-ring (bicyclic) bond motifs is 6.